The first-order chi connectivity index (χ1) is 9.28. The maximum Gasteiger partial charge on any atom is 0.141 e. The van der Waals surface area contributed by atoms with Gasteiger partial charge in [0.25, 0.3) is 0 Å². The lowest BCUT2D eigenvalue weighted by Crippen LogP contribution is -2.50. The summed E-state index contributed by atoms with van der Waals surface area (Å²) in [5.74, 6) is -0.299. The molecule has 4 nitrogen and oxygen atoms in total. The lowest BCUT2D eigenvalue weighted by atomic mass is 10.0. The van der Waals surface area contributed by atoms with Crippen molar-refractivity contribution >= 4 is 0 Å². The maximum absolute atomic E-state index is 13.3. The monoisotopic (exact) mass is 265 g/mol. The second-order valence-corrected chi connectivity index (χ2v) is 5.37. The molecule has 0 amide bonds. The molecular formula is C14H20FN3O. The fourth-order valence-corrected chi connectivity index (χ4v) is 3.21. The summed E-state index contributed by atoms with van der Waals surface area (Å²) in [4.78, 5) is 6.42. The van der Waals surface area contributed by atoms with Crippen LogP contribution in [0.2, 0.25) is 0 Å². The molecule has 2 aliphatic rings. The molecule has 3 heterocycles. The number of pyridine rings is 1. The highest BCUT2D eigenvalue weighted by Crippen LogP contribution is 2.28. The minimum absolute atomic E-state index is 0.00949. The molecule has 0 spiro atoms. The van der Waals surface area contributed by atoms with Crippen molar-refractivity contribution in [3.63, 3.8) is 0 Å². The Morgan fingerprint density at radius 1 is 1.53 bits per heavy atom. The quantitative estimate of drug-likeness (QED) is 0.895. The second kappa shape index (κ2) is 5.53. The number of likely N-dealkylation sites (N-methyl/N-ethyl adjacent to an activating group) is 1. The number of aromatic nitrogens is 1. The molecule has 5 heteroatoms. The first kappa shape index (κ1) is 13.0. The zero-order valence-electron chi connectivity index (χ0n) is 11.2. The van der Waals surface area contributed by atoms with E-state index in [0.29, 0.717) is 6.04 Å². The Balaban J connectivity index is 1.75. The smallest absolute Gasteiger partial charge is 0.141 e. The number of nitrogens with zero attached hydrogens (tertiary/aromatic N) is 2. The van der Waals surface area contributed by atoms with Gasteiger partial charge in [-0.2, -0.15) is 0 Å². The number of hydrogen-bond donors (Lipinski definition) is 1. The first-order valence-electron chi connectivity index (χ1n) is 6.91. The van der Waals surface area contributed by atoms with Gasteiger partial charge in [0.05, 0.1) is 24.9 Å². The minimum atomic E-state index is -0.299. The molecule has 3 rings (SSSR count). The van der Waals surface area contributed by atoms with Gasteiger partial charge in [0.15, 0.2) is 0 Å². The zero-order valence-corrected chi connectivity index (χ0v) is 11.2. The average Bonchev–Trinajstić information content (AvgIpc) is 2.87. The minimum Gasteiger partial charge on any atom is -0.373 e. The molecule has 3 unspecified atom stereocenters. The molecule has 0 aromatic carbocycles. The molecule has 0 bridgehead atoms. The van der Waals surface area contributed by atoms with Crippen molar-refractivity contribution in [3.8, 4) is 0 Å². The highest BCUT2D eigenvalue weighted by Gasteiger charge is 2.35. The van der Waals surface area contributed by atoms with Gasteiger partial charge < -0.3 is 10.1 Å². The molecule has 0 aliphatic carbocycles. The van der Waals surface area contributed by atoms with Crippen molar-refractivity contribution in [2.75, 3.05) is 26.7 Å². The van der Waals surface area contributed by atoms with E-state index in [1.54, 1.807) is 6.20 Å². The summed E-state index contributed by atoms with van der Waals surface area (Å²) in [6.45, 7) is 2.85. The van der Waals surface area contributed by atoms with Crippen LogP contribution >= 0.6 is 0 Å². The van der Waals surface area contributed by atoms with Crippen LogP contribution in [0.5, 0.6) is 0 Å². The van der Waals surface area contributed by atoms with Gasteiger partial charge in [0.1, 0.15) is 5.82 Å². The highest BCUT2D eigenvalue weighted by molar-refractivity contribution is 5.17. The van der Waals surface area contributed by atoms with Crippen molar-refractivity contribution in [3.05, 3.63) is 29.8 Å². The summed E-state index contributed by atoms with van der Waals surface area (Å²) >= 11 is 0. The van der Waals surface area contributed by atoms with Crippen molar-refractivity contribution < 1.29 is 9.13 Å². The van der Waals surface area contributed by atoms with E-state index in [1.807, 2.05) is 7.05 Å². The van der Waals surface area contributed by atoms with Crippen LogP contribution in [-0.4, -0.2) is 48.8 Å². The predicted octanol–water partition coefficient (Wildman–Crippen LogP) is 1.34. The molecule has 19 heavy (non-hydrogen) atoms. The van der Waals surface area contributed by atoms with Crippen LogP contribution in [0, 0.1) is 5.82 Å². The molecule has 1 aromatic heterocycles. The standard InChI is InChI=1S/C14H20FN3O/c1-16-14(10-5-11(15)7-17-6-10)13-8-18-4-2-3-12(18)9-19-13/h5-7,12-14,16H,2-4,8-9H2,1H3. The molecule has 0 saturated carbocycles. The predicted molar refractivity (Wildman–Crippen MR) is 70.3 cm³/mol. The third-order valence-electron chi connectivity index (χ3n) is 4.18. The first-order valence-corrected chi connectivity index (χ1v) is 6.91. The molecule has 2 aliphatic heterocycles. The van der Waals surface area contributed by atoms with Crippen LogP contribution in [0.4, 0.5) is 4.39 Å². The molecule has 0 radical (unpaired) electrons. The molecule has 2 fully saturated rings. The highest BCUT2D eigenvalue weighted by atomic mass is 19.1. The van der Waals surface area contributed by atoms with Gasteiger partial charge in [0, 0.05) is 18.8 Å². The second-order valence-electron chi connectivity index (χ2n) is 5.37. The number of rotatable bonds is 3. The summed E-state index contributed by atoms with van der Waals surface area (Å²) in [6.07, 6.45) is 5.49. The van der Waals surface area contributed by atoms with Crippen LogP contribution in [0.3, 0.4) is 0 Å². The van der Waals surface area contributed by atoms with Crippen molar-refractivity contribution in [2.45, 2.75) is 31.0 Å². The Hall–Kier alpha value is -1.04. The SMILES string of the molecule is CNC(c1cncc(F)c1)C1CN2CCCC2CO1. The van der Waals surface area contributed by atoms with E-state index < -0.39 is 0 Å². The van der Waals surface area contributed by atoms with E-state index in [0.717, 1.165) is 25.3 Å². The Bertz CT molecular complexity index is 442. The normalized spacial score (nSPS) is 29.2. The van der Waals surface area contributed by atoms with Gasteiger partial charge in [-0.25, -0.2) is 4.39 Å². The van der Waals surface area contributed by atoms with E-state index in [1.165, 1.54) is 25.1 Å². The number of hydrogen-bond acceptors (Lipinski definition) is 4. The van der Waals surface area contributed by atoms with E-state index >= 15 is 0 Å². The lowest BCUT2D eigenvalue weighted by molar-refractivity contribution is -0.0643. The Kier molecular flexibility index (Phi) is 3.77. The van der Waals surface area contributed by atoms with Gasteiger partial charge in [-0.05, 0) is 38.1 Å². The van der Waals surface area contributed by atoms with Crippen LogP contribution in [0.1, 0.15) is 24.4 Å². The molecule has 1 aromatic rings. The largest absolute Gasteiger partial charge is 0.373 e. The molecule has 104 valence electrons. The number of morpholine rings is 1. The summed E-state index contributed by atoms with van der Waals surface area (Å²) in [7, 11) is 1.88. The van der Waals surface area contributed by atoms with E-state index in [4.69, 9.17) is 4.74 Å². The summed E-state index contributed by atoms with van der Waals surface area (Å²) in [6, 6.07) is 2.11. The van der Waals surface area contributed by atoms with Crippen molar-refractivity contribution in [2.24, 2.45) is 0 Å². The van der Waals surface area contributed by atoms with Crippen molar-refractivity contribution in [1.82, 2.24) is 15.2 Å². The molecular weight excluding hydrogens is 245 g/mol. The summed E-state index contributed by atoms with van der Waals surface area (Å²) < 4.78 is 19.3. The Morgan fingerprint density at radius 2 is 2.42 bits per heavy atom. The summed E-state index contributed by atoms with van der Waals surface area (Å²) in [5.41, 5.74) is 0.852. The van der Waals surface area contributed by atoms with Crippen LogP contribution < -0.4 is 5.32 Å². The lowest BCUT2D eigenvalue weighted by Gasteiger charge is -2.38. The number of fused-ring (bicyclic) bond motifs is 1. The maximum atomic E-state index is 13.3. The fraction of sp³-hybridized carbons (Fsp3) is 0.643. The average molecular weight is 265 g/mol. The zero-order chi connectivity index (χ0) is 13.2. The van der Waals surface area contributed by atoms with E-state index in [9.17, 15) is 4.39 Å². The van der Waals surface area contributed by atoms with Crippen LogP contribution in [0.15, 0.2) is 18.5 Å². The van der Waals surface area contributed by atoms with Gasteiger partial charge >= 0.3 is 0 Å². The third kappa shape index (κ3) is 2.63. The van der Waals surface area contributed by atoms with E-state index in [-0.39, 0.29) is 18.0 Å². The molecule has 1 N–H and O–H groups in total. The number of halogens is 1. The van der Waals surface area contributed by atoms with Gasteiger partial charge in [-0.15, -0.1) is 0 Å². The number of ether oxygens (including phenoxy) is 1. The molecule has 2 saturated heterocycles. The van der Waals surface area contributed by atoms with Crippen molar-refractivity contribution in [1.29, 1.82) is 0 Å². The van der Waals surface area contributed by atoms with Gasteiger partial charge in [0.2, 0.25) is 0 Å². The third-order valence-corrected chi connectivity index (χ3v) is 4.18. The van der Waals surface area contributed by atoms with Gasteiger partial charge in [-0.3, -0.25) is 9.88 Å². The molecule has 3 atom stereocenters. The summed E-state index contributed by atoms with van der Waals surface area (Å²) in [5, 5.41) is 3.24. The van der Waals surface area contributed by atoms with Gasteiger partial charge in [-0.1, -0.05) is 0 Å². The Morgan fingerprint density at radius 3 is 3.21 bits per heavy atom. The number of nitrogens with one attached hydrogen (secondary N) is 1. The Labute approximate surface area is 113 Å². The van der Waals surface area contributed by atoms with E-state index in [2.05, 4.69) is 15.2 Å². The van der Waals surface area contributed by atoms with Crippen LogP contribution in [-0.2, 0) is 4.74 Å². The fourth-order valence-electron chi connectivity index (χ4n) is 3.21. The van der Waals surface area contributed by atoms with Crippen LogP contribution in [0.25, 0.3) is 0 Å². The topological polar surface area (TPSA) is 37.4 Å².